The molecule has 3 unspecified atom stereocenters. The highest BCUT2D eigenvalue weighted by molar-refractivity contribution is 5.77. The summed E-state index contributed by atoms with van der Waals surface area (Å²) in [6, 6.07) is 8.62. The molecule has 2 saturated heterocycles. The molecule has 3 aliphatic heterocycles. The molecule has 0 N–H and O–H groups in total. The molecule has 6 nitrogen and oxygen atoms in total. The third kappa shape index (κ3) is 3.27. The first kappa shape index (κ1) is 16.5. The third-order valence-corrected chi connectivity index (χ3v) is 5.62. The van der Waals surface area contributed by atoms with Gasteiger partial charge in [-0.25, -0.2) is 4.79 Å². The number of fused-ring (bicyclic) bond motifs is 1. The molecular weight excluding hydrogens is 318 g/mol. The first-order valence-corrected chi connectivity index (χ1v) is 9.26. The lowest BCUT2D eigenvalue weighted by molar-refractivity contribution is 0.0400. The second-order valence-corrected chi connectivity index (χ2v) is 7.45. The van der Waals surface area contributed by atoms with Gasteiger partial charge >= 0.3 is 6.03 Å². The van der Waals surface area contributed by atoms with Crippen LogP contribution in [0.1, 0.15) is 19.8 Å². The zero-order chi connectivity index (χ0) is 17.4. The summed E-state index contributed by atoms with van der Waals surface area (Å²) >= 11 is 0. The Labute approximate surface area is 149 Å². The Bertz CT molecular complexity index is 638. The summed E-state index contributed by atoms with van der Waals surface area (Å²) in [5, 5.41) is 0. The Morgan fingerprint density at radius 1 is 1.20 bits per heavy atom. The molecular formula is C19H27N3O3. The Morgan fingerprint density at radius 2 is 2.00 bits per heavy atom. The van der Waals surface area contributed by atoms with Crippen molar-refractivity contribution in [2.75, 3.05) is 39.8 Å². The molecule has 2 amide bonds. The fourth-order valence-corrected chi connectivity index (χ4v) is 4.07. The minimum atomic E-state index is 0.0459. The van der Waals surface area contributed by atoms with E-state index in [1.807, 2.05) is 36.2 Å². The van der Waals surface area contributed by atoms with Crippen molar-refractivity contribution >= 4 is 6.03 Å². The molecule has 2 fully saturated rings. The van der Waals surface area contributed by atoms with Crippen molar-refractivity contribution in [2.24, 2.45) is 0 Å². The molecule has 136 valence electrons. The number of carbonyl (C=O) groups excluding carboxylic acids is 1. The first-order valence-electron chi connectivity index (χ1n) is 9.26. The lowest BCUT2D eigenvalue weighted by Gasteiger charge is -2.39. The van der Waals surface area contributed by atoms with Gasteiger partial charge in [0.2, 0.25) is 0 Å². The molecule has 25 heavy (non-hydrogen) atoms. The summed E-state index contributed by atoms with van der Waals surface area (Å²) in [5.41, 5.74) is 0. The van der Waals surface area contributed by atoms with Crippen molar-refractivity contribution < 1.29 is 14.3 Å². The lowest BCUT2D eigenvalue weighted by atomic mass is 10.0. The Hall–Kier alpha value is -1.95. The van der Waals surface area contributed by atoms with Gasteiger partial charge in [-0.2, -0.15) is 0 Å². The Balaban J connectivity index is 1.36. The van der Waals surface area contributed by atoms with Gasteiger partial charge in [0.25, 0.3) is 0 Å². The van der Waals surface area contributed by atoms with Crippen molar-refractivity contribution in [1.29, 1.82) is 0 Å². The largest absolute Gasteiger partial charge is 0.486 e. The molecule has 1 aromatic carbocycles. The van der Waals surface area contributed by atoms with E-state index in [0.29, 0.717) is 18.7 Å². The van der Waals surface area contributed by atoms with Gasteiger partial charge in [0.05, 0.1) is 0 Å². The van der Waals surface area contributed by atoms with Crippen LogP contribution in [0.2, 0.25) is 0 Å². The first-order chi connectivity index (χ1) is 12.1. The van der Waals surface area contributed by atoms with E-state index in [0.717, 1.165) is 50.5 Å². The minimum absolute atomic E-state index is 0.0459. The summed E-state index contributed by atoms with van der Waals surface area (Å²) in [4.78, 5) is 18.8. The van der Waals surface area contributed by atoms with Crippen molar-refractivity contribution in [3.05, 3.63) is 24.3 Å². The van der Waals surface area contributed by atoms with E-state index >= 15 is 0 Å². The number of likely N-dealkylation sites (N-methyl/N-ethyl adjacent to an activating group) is 1. The van der Waals surface area contributed by atoms with E-state index in [4.69, 9.17) is 9.47 Å². The number of hydrogen-bond donors (Lipinski definition) is 0. The maximum atomic E-state index is 12.4. The molecule has 6 heteroatoms. The van der Waals surface area contributed by atoms with Crippen LogP contribution in [0.4, 0.5) is 4.79 Å². The molecule has 3 atom stereocenters. The van der Waals surface area contributed by atoms with Gasteiger partial charge in [-0.1, -0.05) is 12.1 Å². The number of nitrogens with zero attached hydrogens (tertiary/aromatic N) is 3. The normalized spacial score (nSPS) is 30.0. The van der Waals surface area contributed by atoms with E-state index in [-0.39, 0.29) is 12.1 Å². The number of hydrogen-bond acceptors (Lipinski definition) is 4. The van der Waals surface area contributed by atoms with Crippen molar-refractivity contribution in [2.45, 2.75) is 38.0 Å². The average molecular weight is 345 g/mol. The zero-order valence-electron chi connectivity index (χ0n) is 15.1. The summed E-state index contributed by atoms with van der Waals surface area (Å²) in [6.45, 7) is 6.37. The van der Waals surface area contributed by atoms with Gasteiger partial charge in [-0.05, 0) is 38.4 Å². The number of benzene rings is 1. The molecule has 3 aliphatic rings. The highest BCUT2D eigenvalue weighted by Crippen LogP contribution is 2.31. The van der Waals surface area contributed by atoms with Gasteiger partial charge < -0.3 is 19.3 Å². The van der Waals surface area contributed by atoms with Gasteiger partial charge in [-0.15, -0.1) is 0 Å². The fraction of sp³-hybridized carbons (Fsp3) is 0.632. The zero-order valence-corrected chi connectivity index (χ0v) is 15.1. The Kier molecular flexibility index (Phi) is 4.46. The number of ether oxygens (including phenoxy) is 2. The number of rotatable bonds is 3. The van der Waals surface area contributed by atoms with E-state index < -0.39 is 0 Å². The van der Waals surface area contributed by atoms with Crippen LogP contribution in [0.25, 0.3) is 0 Å². The molecule has 0 radical (unpaired) electrons. The maximum absolute atomic E-state index is 12.4. The SMILES string of the molecule is CC1CN(C2CCCN(CC3COc4ccccc4O3)C2)C(=O)N1C. The van der Waals surface area contributed by atoms with Gasteiger partial charge in [0, 0.05) is 38.8 Å². The topological polar surface area (TPSA) is 45.3 Å². The molecule has 0 saturated carbocycles. The van der Waals surface area contributed by atoms with Gasteiger partial charge in [0.15, 0.2) is 11.5 Å². The highest BCUT2D eigenvalue weighted by Gasteiger charge is 2.38. The minimum Gasteiger partial charge on any atom is -0.486 e. The van der Waals surface area contributed by atoms with Crippen LogP contribution in [0.3, 0.4) is 0 Å². The molecule has 0 aromatic heterocycles. The standard InChI is InChI=1S/C19H27N3O3/c1-14-10-22(19(23)20(14)2)15-6-5-9-21(11-15)12-16-13-24-17-7-3-4-8-18(17)25-16/h3-4,7-8,14-16H,5-6,9-13H2,1-2H3. The van der Waals surface area contributed by atoms with Crippen molar-refractivity contribution in [3.8, 4) is 11.5 Å². The number of carbonyl (C=O) groups is 1. The van der Waals surface area contributed by atoms with Crippen LogP contribution in [-0.2, 0) is 0 Å². The van der Waals surface area contributed by atoms with Crippen LogP contribution in [0.15, 0.2) is 24.3 Å². The molecule has 0 bridgehead atoms. The molecule has 4 rings (SSSR count). The molecule has 3 heterocycles. The number of para-hydroxylation sites is 2. The third-order valence-electron chi connectivity index (χ3n) is 5.62. The van der Waals surface area contributed by atoms with Crippen molar-refractivity contribution in [3.63, 3.8) is 0 Å². The predicted molar refractivity (Wildman–Crippen MR) is 95.1 cm³/mol. The van der Waals surface area contributed by atoms with Gasteiger partial charge in [0.1, 0.15) is 12.7 Å². The Morgan fingerprint density at radius 3 is 2.76 bits per heavy atom. The molecule has 0 aliphatic carbocycles. The van der Waals surface area contributed by atoms with Gasteiger partial charge in [-0.3, -0.25) is 4.90 Å². The summed E-state index contributed by atoms with van der Waals surface area (Å²) in [6.07, 6.45) is 2.26. The average Bonchev–Trinajstić information content (AvgIpc) is 2.89. The van der Waals surface area contributed by atoms with E-state index in [1.54, 1.807) is 0 Å². The number of likely N-dealkylation sites (tertiary alicyclic amines) is 1. The van der Waals surface area contributed by atoms with Crippen molar-refractivity contribution in [1.82, 2.24) is 14.7 Å². The fourth-order valence-electron chi connectivity index (χ4n) is 4.07. The molecule has 1 aromatic rings. The number of amides is 2. The van der Waals surface area contributed by atoms with E-state index in [2.05, 4.69) is 16.7 Å². The smallest absolute Gasteiger partial charge is 0.320 e. The van der Waals surface area contributed by atoms with E-state index in [9.17, 15) is 4.79 Å². The highest BCUT2D eigenvalue weighted by atomic mass is 16.6. The van der Waals surface area contributed by atoms with Crippen LogP contribution >= 0.6 is 0 Å². The predicted octanol–water partition coefficient (Wildman–Crippen LogP) is 2.05. The quantitative estimate of drug-likeness (QED) is 0.841. The van der Waals surface area contributed by atoms with E-state index in [1.165, 1.54) is 0 Å². The number of piperidine rings is 1. The summed E-state index contributed by atoms with van der Waals surface area (Å²) in [5.74, 6) is 1.66. The second kappa shape index (κ2) is 6.75. The lowest BCUT2D eigenvalue weighted by Crippen LogP contribution is -2.52. The van der Waals surface area contributed by atoms with Crippen LogP contribution in [0.5, 0.6) is 11.5 Å². The van der Waals surface area contributed by atoms with Crippen LogP contribution in [-0.4, -0.2) is 78.8 Å². The monoisotopic (exact) mass is 345 g/mol. The summed E-state index contributed by atoms with van der Waals surface area (Å²) in [7, 11) is 1.90. The molecule has 0 spiro atoms. The maximum Gasteiger partial charge on any atom is 0.320 e. The summed E-state index contributed by atoms with van der Waals surface area (Å²) < 4.78 is 11.9. The number of urea groups is 1. The van der Waals surface area contributed by atoms with Crippen LogP contribution in [0, 0.1) is 0 Å². The van der Waals surface area contributed by atoms with Crippen LogP contribution < -0.4 is 9.47 Å². The second-order valence-electron chi connectivity index (χ2n) is 7.45.